The molecule has 0 saturated carbocycles. The molecule has 2 rings (SSSR count). The van der Waals surface area contributed by atoms with E-state index in [-0.39, 0.29) is 5.54 Å². The molecule has 120 valence electrons. The third-order valence-corrected chi connectivity index (χ3v) is 3.94. The summed E-state index contributed by atoms with van der Waals surface area (Å²) < 4.78 is 11.4. The maximum absolute atomic E-state index is 5.75. The average Bonchev–Trinajstić information content (AvgIpc) is 3.06. The Kier molecular flexibility index (Phi) is 5.85. The molecule has 1 aromatic rings. The lowest BCUT2D eigenvalue weighted by atomic mass is 10.1. The van der Waals surface area contributed by atoms with Gasteiger partial charge in [0.25, 0.3) is 0 Å². The Balaban J connectivity index is 1.89. The largest absolute Gasteiger partial charge is 0.468 e. The van der Waals surface area contributed by atoms with Gasteiger partial charge in [0.1, 0.15) is 5.76 Å². The fourth-order valence-electron chi connectivity index (χ4n) is 2.63. The van der Waals surface area contributed by atoms with Crippen LogP contribution in [0.25, 0.3) is 0 Å². The lowest BCUT2D eigenvalue weighted by Crippen LogP contribution is -2.35. The van der Waals surface area contributed by atoms with E-state index in [9.17, 15) is 0 Å². The zero-order valence-electron chi connectivity index (χ0n) is 13.9. The minimum atomic E-state index is 0.103. The van der Waals surface area contributed by atoms with Crippen LogP contribution in [0.3, 0.4) is 0 Å². The molecule has 1 unspecified atom stereocenters. The molecule has 2 heterocycles. The number of furan rings is 1. The summed E-state index contributed by atoms with van der Waals surface area (Å²) in [6.45, 7) is 13.4. The quantitative estimate of drug-likeness (QED) is 0.838. The molecule has 1 atom stereocenters. The minimum Gasteiger partial charge on any atom is -0.468 e. The van der Waals surface area contributed by atoms with Gasteiger partial charge in [-0.05, 0) is 46.2 Å². The van der Waals surface area contributed by atoms with E-state index < -0.39 is 0 Å². The van der Waals surface area contributed by atoms with Gasteiger partial charge in [-0.3, -0.25) is 4.90 Å². The fraction of sp³-hybridized carbons (Fsp3) is 0.765. The summed E-state index contributed by atoms with van der Waals surface area (Å²) in [6.07, 6.45) is 4.61. The number of likely N-dealkylation sites (N-methyl/N-ethyl adjacent to an activating group) is 1. The molecule has 1 N–H and O–H groups in total. The van der Waals surface area contributed by atoms with Crippen molar-refractivity contribution in [1.82, 2.24) is 10.2 Å². The smallest absolute Gasteiger partial charge is 0.122 e. The van der Waals surface area contributed by atoms with Crippen LogP contribution in [0.2, 0.25) is 0 Å². The van der Waals surface area contributed by atoms with Crippen molar-refractivity contribution >= 4 is 0 Å². The van der Waals surface area contributed by atoms with Crippen molar-refractivity contribution < 1.29 is 9.15 Å². The Morgan fingerprint density at radius 2 is 2.19 bits per heavy atom. The maximum atomic E-state index is 5.75. The highest BCUT2D eigenvalue weighted by atomic mass is 16.5. The Morgan fingerprint density at radius 1 is 1.38 bits per heavy atom. The number of nitrogens with zero attached hydrogens (tertiary/aromatic N) is 1. The molecule has 0 bridgehead atoms. The standard InChI is InChI=1S/C17H30N2O2/c1-5-19(13-15-7-6-9-20-15)12-14-8-10-21-16(14)11-18-17(2,3)4/h8,10,15,18H,5-7,9,11-13H2,1-4H3. The van der Waals surface area contributed by atoms with E-state index in [4.69, 9.17) is 9.15 Å². The second-order valence-electron chi connectivity index (χ2n) is 6.94. The van der Waals surface area contributed by atoms with Crippen molar-refractivity contribution in [1.29, 1.82) is 0 Å². The zero-order chi connectivity index (χ0) is 15.3. The molecule has 0 amide bonds. The Labute approximate surface area is 128 Å². The van der Waals surface area contributed by atoms with Crippen LogP contribution in [0.5, 0.6) is 0 Å². The van der Waals surface area contributed by atoms with Crippen molar-refractivity contribution in [3.8, 4) is 0 Å². The minimum absolute atomic E-state index is 0.103. The molecule has 0 radical (unpaired) electrons. The summed E-state index contributed by atoms with van der Waals surface area (Å²) in [5.41, 5.74) is 1.39. The van der Waals surface area contributed by atoms with Gasteiger partial charge in [0, 0.05) is 30.8 Å². The number of hydrogen-bond acceptors (Lipinski definition) is 4. The van der Waals surface area contributed by atoms with Crippen molar-refractivity contribution in [2.75, 3.05) is 19.7 Å². The van der Waals surface area contributed by atoms with Gasteiger partial charge in [0.15, 0.2) is 0 Å². The predicted molar refractivity (Wildman–Crippen MR) is 85.2 cm³/mol. The SMILES string of the molecule is CCN(Cc1ccoc1CNC(C)(C)C)CC1CCCO1. The Hall–Kier alpha value is -0.840. The lowest BCUT2D eigenvalue weighted by Gasteiger charge is -2.24. The fourth-order valence-corrected chi connectivity index (χ4v) is 2.63. The van der Waals surface area contributed by atoms with Crippen LogP contribution >= 0.6 is 0 Å². The highest BCUT2D eigenvalue weighted by Gasteiger charge is 2.20. The topological polar surface area (TPSA) is 37.6 Å². The summed E-state index contributed by atoms with van der Waals surface area (Å²) in [5, 5.41) is 3.49. The first-order chi connectivity index (χ1) is 9.98. The van der Waals surface area contributed by atoms with E-state index in [1.54, 1.807) is 6.26 Å². The van der Waals surface area contributed by atoms with E-state index in [2.05, 4.69) is 44.0 Å². The normalized spacial score (nSPS) is 19.6. The summed E-state index contributed by atoms with van der Waals surface area (Å²) in [7, 11) is 0. The first-order valence-corrected chi connectivity index (χ1v) is 8.12. The van der Waals surface area contributed by atoms with Gasteiger partial charge in [0.2, 0.25) is 0 Å². The summed E-state index contributed by atoms with van der Waals surface area (Å²) in [6, 6.07) is 2.10. The van der Waals surface area contributed by atoms with Crippen LogP contribution in [-0.2, 0) is 17.8 Å². The average molecular weight is 294 g/mol. The molecule has 4 heteroatoms. The number of rotatable bonds is 7. The van der Waals surface area contributed by atoms with Gasteiger partial charge in [-0.25, -0.2) is 0 Å². The van der Waals surface area contributed by atoms with Gasteiger partial charge in [-0.1, -0.05) is 6.92 Å². The Bertz CT molecular complexity index is 417. The second kappa shape index (κ2) is 7.43. The van der Waals surface area contributed by atoms with Crippen molar-refractivity contribution in [2.45, 2.75) is 65.3 Å². The molecule has 1 saturated heterocycles. The molecule has 1 aliphatic rings. The molecule has 21 heavy (non-hydrogen) atoms. The second-order valence-corrected chi connectivity index (χ2v) is 6.94. The maximum Gasteiger partial charge on any atom is 0.122 e. The third-order valence-electron chi connectivity index (χ3n) is 3.94. The molecule has 0 aliphatic carbocycles. The molecule has 4 nitrogen and oxygen atoms in total. The van der Waals surface area contributed by atoms with Crippen LogP contribution in [0.1, 0.15) is 51.9 Å². The van der Waals surface area contributed by atoms with E-state index in [0.29, 0.717) is 6.10 Å². The van der Waals surface area contributed by atoms with Crippen LogP contribution in [0.4, 0.5) is 0 Å². The number of hydrogen-bond donors (Lipinski definition) is 1. The molecular formula is C17H30N2O2. The van der Waals surface area contributed by atoms with Gasteiger partial charge in [-0.15, -0.1) is 0 Å². The first-order valence-electron chi connectivity index (χ1n) is 8.12. The summed E-state index contributed by atoms with van der Waals surface area (Å²) in [4.78, 5) is 2.45. The van der Waals surface area contributed by atoms with Crippen molar-refractivity contribution in [3.63, 3.8) is 0 Å². The molecule has 1 fully saturated rings. The highest BCUT2D eigenvalue weighted by molar-refractivity contribution is 5.17. The van der Waals surface area contributed by atoms with E-state index in [0.717, 1.165) is 38.5 Å². The molecule has 0 aromatic carbocycles. The molecule has 1 aliphatic heterocycles. The third kappa shape index (κ3) is 5.46. The lowest BCUT2D eigenvalue weighted by molar-refractivity contribution is 0.0723. The zero-order valence-corrected chi connectivity index (χ0v) is 13.9. The highest BCUT2D eigenvalue weighted by Crippen LogP contribution is 2.18. The van der Waals surface area contributed by atoms with Gasteiger partial charge in [0.05, 0.1) is 18.9 Å². The van der Waals surface area contributed by atoms with Crippen LogP contribution in [-0.4, -0.2) is 36.2 Å². The molecular weight excluding hydrogens is 264 g/mol. The number of ether oxygens (including phenoxy) is 1. The van der Waals surface area contributed by atoms with Crippen molar-refractivity contribution in [2.24, 2.45) is 0 Å². The Morgan fingerprint density at radius 3 is 2.81 bits per heavy atom. The van der Waals surface area contributed by atoms with E-state index in [1.165, 1.54) is 18.4 Å². The summed E-state index contributed by atoms with van der Waals surface area (Å²) >= 11 is 0. The molecule has 0 spiro atoms. The van der Waals surface area contributed by atoms with Gasteiger partial charge >= 0.3 is 0 Å². The van der Waals surface area contributed by atoms with E-state index in [1.807, 2.05) is 0 Å². The van der Waals surface area contributed by atoms with Crippen LogP contribution in [0, 0.1) is 0 Å². The molecule has 1 aromatic heterocycles. The monoisotopic (exact) mass is 294 g/mol. The van der Waals surface area contributed by atoms with Crippen molar-refractivity contribution in [3.05, 3.63) is 23.7 Å². The summed E-state index contributed by atoms with van der Waals surface area (Å²) in [5.74, 6) is 1.05. The van der Waals surface area contributed by atoms with E-state index >= 15 is 0 Å². The predicted octanol–water partition coefficient (Wildman–Crippen LogP) is 3.17. The first kappa shape index (κ1) is 16.5. The number of nitrogens with one attached hydrogen (secondary N) is 1. The van der Waals surface area contributed by atoms with Crippen LogP contribution in [0.15, 0.2) is 16.7 Å². The van der Waals surface area contributed by atoms with Gasteiger partial charge in [-0.2, -0.15) is 0 Å². The van der Waals surface area contributed by atoms with Crippen LogP contribution < -0.4 is 5.32 Å². The van der Waals surface area contributed by atoms with Gasteiger partial charge < -0.3 is 14.5 Å².